The Morgan fingerprint density at radius 1 is 1.26 bits per heavy atom. The molecule has 0 saturated carbocycles. The fraction of sp³-hybridized carbons (Fsp3) is 0.250. The van der Waals surface area contributed by atoms with Crippen molar-refractivity contribution in [1.29, 1.82) is 0 Å². The SMILES string of the molecule is Cc1nc(Cc2ccc(C(F)(F)F)c(Cl)c2)c(O)c(C(=O)NCC(=O)O)n1. The highest BCUT2D eigenvalue weighted by atomic mass is 35.5. The lowest BCUT2D eigenvalue weighted by Gasteiger charge is -2.12. The smallest absolute Gasteiger partial charge is 0.417 e. The predicted octanol–water partition coefficient (Wildman–Crippen LogP) is 2.57. The molecule has 0 radical (unpaired) electrons. The normalized spacial score (nSPS) is 11.3. The summed E-state index contributed by atoms with van der Waals surface area (Å²) >= 11 is 5.67. The van der Waals surface area contributed by atoms with Crippen LogP contribution in [0, 0.1) is 6.92 Å². The summed E-state index contributed by atoms with van der Waals surface area (Å²) in [5, 5.41) is 20.3. The number of hydrogen-bond donors (Lipinski definition) is 3. The van der Waals surface area contributed by atoms with Crippen LogP contribution in [0.4, 0.5) is 13.2 Å². The minimum atomic E-state index is -4.60. The van der Waals surface area contributed by atoms with E-state index in [4.69, 9.17) is 16.7 Å². The van der Waals surface area contributed by atoms with Crippen LogP contribution in [0.3, 0.4) is 0 Å². The van der Waals surface area contributed by atoms with E-state index in [1.54, 1.807) is 0 Å². The Bertz CT molecular complexity index is 903. The molecule has 11 heteroatoms. The maximum atomic E-state index is 12.8. The number of amides is 1. The summed E-state index contributed by atoms with van der Waals surface area (Å²) in [4.78, 5) is 30.2. The van der Waals surface area contributed by atoms with Crippen LogP contribution in [-0.2, 0) is 17.4 Å². The summed E-state index contributed by atoms with van der Waals surface area (Å²) in [7, 11) is 0. The van der Waals surface area contributed by atoms with Gasteiger partial charge in [-0.15, -0.1) is 0 Å². The Morgan fingerprint density at radius 3 is 2.48 bits per heavy atom. The number of nitrogens with zero attached hydrogens (tertiary/aromatic N) is 2. The van der Waals surface area contributed by atoms with E-state index in [2.05, 4.69) is 15.3 Å². The Morgan fingerprint density at radius 2 is 1.93 bits per heavy atom. The van der Waals surface area contributed by atoms with Crippen LogP contribution >= 0.6 is 11.6 Å². The quantitative estimate of drug-likeness (QED) is 0.707. The van der Waals surface area contributed by atoms with Gasteiger partial charge in [0.05, 0.1) is 16.3 Å². The maximum absolute atomic E-state index is 12.8. The summed E-state index contributed by atoms with van der Waals surface area (Å²) in [5.74, 6) is -2.69. The fourth-order valence-corrected chi connectivity index (χ4v) is 2.55. The first-order valence-electron chi connectivity index (χ1n) is 7.41. The maximum Gasteiger partial charge on any atom is 0.417 e. The van der Waals surface area contributed by atoms with Crippen LogP contribution in [0.5, 0.6) is 5.75 Å². The van der Waals surface area contributed by atoms with E-state index < -0.39 is 46.6 Å². The van der Waals surface area contributed by atoms with Gasteiger partial charge in [0.25, 0.3) is 5.91 Å². The summed E-state index contributed by atoms with van der Waals surface area (Å²) < 4.78 is 38.3. The van der Waals surface area contributed by atoms with Crippen molar-refractivity contribution in [2.75, 3.05) is 6.54 Å². The molecule has 2 rings (SSSR count). The van der Waals surface area contributed by atoms with E-state index in [9.17, 15) is 27.9 Å². The number of carbonyl (C=O) groups excluding carboxylic acids is 1. The van der Waals surface area contributed by atoms with Crippen molar-refractivity contribution in [3.63, 3.8) is 0 Å². The highest BCUT2D eigenvalue weighted by Gasteiger charge is 2.33. The molecule has 7 nitrogen and oxygen atoms in total. The number of halogens is 4. The molecule has 1 amide bonds. The average molecular weight is 404 g/mol. The van der Waals surface area contributed by atoms with Crippen LogP contribution in [0.1, 0.15) is 33.1 Å². The number of aliphatic carboxylic acids is 1. The van der Waals surface area contributed by atoms with Crippen molar-refractivity contribution < 1.29 is 33.0 Å². The van der Waals surface area contributed by atoms with Gasteiger partial charge in [0.15, 0.2) is 11.4 Å². The van der Waals surface area contributed by atoms with E-state index in [0.29, 0.717) is 5.56 Å². The van der Waals surface area contributed by atoms with Gasteiger partial charge in [-0.3, -0.25) is 9.59 Å². The molecule has 0 atom stereocenters. The Hall–Kier alpha value is -2.88. The van der Waals surface area contributed by atoms with Crippen molar-refractivity contribution in [3.05, 3.63) is 51.6 Å². The topological polar surface area (TPSA) is 112 Å². The zero-order valence-electron chi connectivity index (χ0n) is 13.8. The molecule has 1 aromatic heterocycles. The van der Waals surface area contributed by atoms with Gasteiger partial charge in [-0.1, -0.05) is 17.7 Å². The average Bonchev–Trinajstić information content (AvgIpc) is 2.54. The number of aromatic nitrogens is 2. The molecule has 1 heterocycles. The molecule has 144 valence electrons. The molecule has 0 saturated heterocycles. The molecule has 0 unspecified atom stereocenters. The third kappa shape index (κ3) is 5.07. The molecule has 0 aliphatic heterocycles. The van der Waals surface area contributed by atoms with E-state index in [0.717, 1.165) is 12.1 Å². The number of aryl methyl sites for hydroxylation is 1. The number of alkyl halides is 3. The monoisotopic (exact) mass is 403 g/mol. The van der Waals surface area contributed by atoms with Crippen LogP contribution in [0.15, 0.2) is 18.2 Å². The summed E-state index contributed by atoms with van der Waals surface area (Å²) in [5.41, 5.74) is -1.13. The molecule has 2 aromatic rings. The number of benzene rings is 1. The number of nitrogens with one attached hydrogen (secondary N) is 1. The van der Waals surface area contributed by atoms with Crippen molar-refractivity contribution in [1.82, 2.24) is 15.3 Å². The van der Waals surface area contributed by atoms with E-state index in [-0.39, 0.29) is 17.9 Å². The third-order valence-corrected chi connectivity index (χ3v) is 3.71. The van der Waals surface area contributed by atoms with Gasteiger partial charge in [-0.05, 0) is 24.6 Å². The largest absolute Gasteiger partial charge is 0.504 e. The molecule has 0 bridgehead atoms. The van der Waals surface area contributed by atoms with Crippen molar-refractivity contribution in [2.45, 2.75) is 19.5 Å². The number of carboxylic acids is 1. The molecular weight excluding hydrogens is 391 g/mol. The Balaban J connectivity index is 2.33. The van der Waals surface area contributed by atoms with Gasteiger partial charge in [0.1, 0.15) is 12.4 Å². The summed E-state index contributed by atoms with van der Waals surface area (Å²) in [6, 6.07) is 3.07. The summed E-state index contributed by atoms with van der Waals surface area (Å²) in [6.45, 7) is 0.766. The molecule has 0 aliphatic carbocycles. The minimum Gasteiger partial charge on any atom is -0.504 e. The third-order valence-electron chi connectivity index (χ3n) is 3.39. The highest BCUT2D eigenvalue weighted by Crippen LogP contribution is 2.35. The van der Waals surface area contributed by atoms with Crippen LogP contribution in [0.25, 0.3) is 0 Å². The second kappa shape index (κ2) is 7.78. The number of aromatic hydroxyl groups is 1. The van der Waals surface area contributed by atoms with Crippen molar-refractivity contribution >= 4 is 23.5 Å². The first-order valence-corrected chi connectivity index (χ1v) is 7.79. The van der Waals surface area contributed by atoms with Crippen molar-refractivity contribution in [3.8, 4) is 5.75 Å². The van der Waals surface area contributed by atoms with Crippen LogP contribution < -0.4 is 5.32 Å². The van der Waals surface area contributed by atoms with Crippen molar-refractivity contribution in [2.24, 2.45) is 0 Å². The standard InChI is InChI=1S/C16H13ClF3N3O4/c1-7-22-11(14(26)13(23-7)15(27)21-6-12(24)25)5-8-2-3-9(10(17)4-8)16(18,19)20/h2-4,26H,5-6H2,1H3,(H,21,27)(H,24,25). The van der Waals surface area contributed by atoms with E-state index >= 15 is 0 Å². The summed E-state index contributed by atoms with van der Waals surface area (Å²) in [6.07, 6.45) is -4.72. The van der Waals surface area contributed by atoms with Gasteiger partial charge in [-0.2, -0.15) is 13.2 Å². The van der Waals surface area contributed by atoms with E-state index in [1.807, 2.05) is 0 Å². The van der Waals surface area contributed by atoms with Crippen LogP contribution in [0.2, 0.25) is 5.02 Å². The molecule has 27 heavy (non-hydrogen) atoms. The predicted molar refractivity (Wildman–Crippen MR) is 87.7 cm³/mol. The van der Waals surface area contributed by atoms with Gasteiger partial charge in [0.2, 0.25) is 0 Å². The molecule has 0 spiro atoms. The van der Waals surface area contributed by atoms with Gasteiger partial charge < -0.3 is 15.5 Å². The zero-order chi connectivity index (χ0) is 20.4. The lowest BCUT2D eigenvalue weighted by atomic mass is 10.1. The fourth-order valence-electron chi connectivity index (χ4n) is 2.24. The first kappa shape index (κ1) is 20.4. The Kier molecular flexibility index (Phi) is 5.89. The molecule has 1 aromatic carbocycles. The lowest BCUT2D eigenvalue weighted by molar-refractivity contribution is -0.137. The molecular formula is C16H13ClF3N3O4. The number of rotatable bonds is 5. The van der Waals surface area contributed by atoms with E-state index in [1.165, 1.54) is 13.0 Å². The Labute approximate surface area is 155 Å². The molecule has 0 aliphatic rings. The second-order valence-corrected chi connectivity index (χ2v) is 5.89. The number of carbonyl (C=O) groups is 2. The zero-order valence-corrected chi connectivity index (χ0v) is 14.5. The van der Waals surface area contributed by atoms with Gasteiger partial charge in [-0.25, -0.2) is 9.97 Å². The molecule has 0 fully saturated rings. The van der Waals surface area contributed by atoms with Gasteiger partial charge >= 0.3 is 12.1 Å². The highest BCUT2D eigenvalue weighted by molar-refractivity contribution is 6.31. The van der Waals surface area contributed by atoms with Crippen LogP contribution in [-0.4, -0.2) is 38.6 Å². The molecule has 3 N–H and O–H groups in total. The lowest BCUT2D eigenvalue weighted by Crippen LogP contribution is -2.30. The van der Waals surface area contributed by atoms with Gasteiger partial charge in [0, 0.05) is 6.42 Å². The first-order chi connectivity index (χ1) is 12.5. The number of hydrogen-bond acceptors (Lipinski definition) is 5. The minimum absolute atomic E-state index is 0.0150. The second-order valence-electron chi connectivity index (χ2n) is 5.48. The number of carboxylic acid groups (broad SMARTS) is 1.